The van der Waals surface area contributed by atoms with Gasteiger partial charge in [0.2, 0.25) is 16.0 Å². The van der Waals surface area contributed by atoms with Gasteiger partial charge in [-0.1, -0.05) is 0 Å². The van der Waals surface area contributed by atoms with Crippen molar-refractivity contribution in [3.63, 3.8) is 0 Å². The molecule has 2 aromatic rings. The van der Waals surface area contributed by atoms with Crippen molar-refractivity contribution >= 4 is 21.8 Å². The molecule has 0 radical (unpaired) electrons. The summed E-state index contributed by atoms with van der Waals surface area (Å²) < 4.78 is 33.1. The van der Waals surface area contributed by atoms with Crippen molar-refractivity contribution < 1.29 is 13.2 Å². The van der Waals surface area contributed by atoms with Crippen molar-refractivity contribution in [3.05, 3.63) is 35.5 Å². The van der Waals surface area contributed by atoms with Crippen LogP contribution in [-0.4, -0.2) is 51.2 Å². The average Bonchev–Trinajstić information content (AvgIpc) is 3.35. The molecule has 0 spiro atoms. The van der Waals surface area contributed by atoms with E-state index in [4.69, 9.17) is 4.74 Å². The van der Waals surface area contributed by atoms with Crippen molar-refractivity contribution in [3.8, 4) is 5.75 Å². The number of anilines is 2. The van der Waals surface area contributed by atoms with Gasteiger partial charge in [-0.2, -0.15) is 4.98 Å². The van der Waals surface area contributed by atoms with E-state index in [9.17, 15) is 8.42 Å². The molecule has 1 fully saturated rings. The molecule has 9 heteroatoms. The minimum Gasteiger partial charge on any atom is -0.493 e. The monoisotopic (exact) mass is 403 g/mol. The lowest BCUT2D eigenvalue weighted by Gasteiger charge is -2.17. The largest absolute Gasteiger partial charge is 0.493 e. The van der Waals surface area contributed by atoms with Gasteiger partial charge in [0.1, 0.15) is 11.6 Å². The number of nitrogens with one attached hydrogen (secondary N) is 2. The van der Waals surface area contributed by atoms with Crippen LogP contribution < -0.4 is 19.7 Å². The molecule has 0 amide bonds. The summed E-state index contributed by atoms with van der Waals surface area (Å²) in [5, 5.41) is 3.12. The van der Waals surface area contributed by atoms with E-state index in [0.29, 0.717) is 19.1 Å². The molecule has 0 bridgehead atoms. The molecule has 1 saturated heterocycles. The third-order valence-corrected chi connectivity index (χ3v) is 6.40. The fourth-order valence-corrected chi connectivity index (χ4v) is 4.59. The highest BCUT2D eigenvalue weighted by molar-refractivity contribution is 7.89. The lowest BCUT2D eigenvalue weighted by molar-refractivity contribution is 0.356. The highest BCUT2D eigenvalue weighted by Gasteiger charge is 2.19. The van der Waals surface area contributed by atoms with Gasteiger partial charge in [-0.3, -0.25) is 0 Å². The fourth-order valence-electron chi connectivity index (χ4n) is 3.51. The number of benzene rings is 1. The number of fused-ring (bicyclic) bond motifs is 1. The van der Waals surface area contributed by atoms with Crippen molar-refractivity contribution in [1.82, 2.24) is 14.7 Å². The normalized spacial score (nSPS) is 16.1. The second-order valence-corrected chi connectivity index (χ2v) is 8.84. The van der Waals surface area contributed by atoms with Gasteiger partial charge in [-0.15, -0.1) is 0 Å². The van der Waals surface area contributed by atoms with Gasteiger partial charge in [0.25, 0.3) is 0 Å². The van der Waals surface area contributed by atoms with Crippen molar-refractivity contribution in [2.24, 2.45) is 0 Å². The van der Waals surface area contributed by atoms with Crippen molar-refractivity contribution in [2.45, 2.75) is 31.1 Å². The zero-order chi connectivity index (χ0) is 19.6. The first-order chi connectivity index (χ1) is 13.5. The number of aryl methyl sites for hydroxylation is 1. The summed E-state index contributed by atoms with van der Waals surface area (Å²) in [6.07, 6.45) is 3.11. The predicted octanol–water partition coefficient (Wildman–Crippen LogP) is 1.71. The molecule has 1 aromatic carbocycles. The summed E-state index contributed by atoms with van der Waals surface area (Å²) in [7, 11) is -3.56. The van der Waals surface area contributed by atoms with Gasteiger partial charge in [0, 0.05) is 44.4 Å². The zero-order valence-corrected chi connectivity index (χ0v) is 16.8. The molecule has 0 aliphatic carbocycles. The van der Waals surface area contributed by atoms with E-state index in [2.05, 4.69) is 24.9 Å². The molecule has 4 rings (SSSR count). The molecule has 150 valence electrons. The van der Waals surface area contributed by atoms with E-state index in [1.54, 1.807) is 18.2 Å². The Kier molecular flexibility index (Phi) is 5.36. The minimum atomic E-state index is -3.56. The molecule has 2 aliphatic rings. The Morgan fingerprint density at radius 2 is 1.96 bits per heavy atom. The molecular formula is C19H25N5O3S. The van der Waals surface area contributed by atoms with Crippen LogP contribution in [0.15, 0.2) is 29.2 Å². The number of nitrogens with zero attached hydrogens (tertiary/aromatic N) is 3. The van der Waals surface area contributed by atoms with Crippen LogP contribution in [0.4, 0.5) is 11.8 Å². The van der Waals surface area contributed by atoms with E-state index in [1.165, 1.54) is 12.8 Å². The number of rotatable bonds is 7. The third-order valence-electron chi connectivity index (χ3n) is 4.94. The van der Waals surface area contributed by atoms with Crippen LogP contribution in [0, 0.1) is 6.92 Å². The second-order valence-electron chi connectivity index (χ2n) is 7.08. The molecule has 3 heterocycles. The molecule has 2 aliphatic heterocycles. The van der Waals surface area contributed by atoms with E-state index in [1.807, 2.05) is 13.0 Å². The lowest BCUT2D eigenvalue weighted by atomic mass is 10.2. The summed E-state index contributed by atoms with van der Waals surface area (Å²) in [6.45, 7) is 5.21. The molecule has 28 heavy (non-hydrogen) atoms. The summed E-state index contributed by atoms with van der Waals surface area (Å²) in [5.41, 5.74) is 1.82. The quantitative estimate of drug-likeness (QED) is 0.680. The Labute approximate surface area is 165 Å². The number of aromatic nitrogens is 2. The first-order valence-corrected chi connectivity index (χ1v) is 11.1. The maximum Gasteiger partial charge on any atom is 0.240 e. The summed E-state index contributed by atoms with van der Waals surface area (Å²) in [6, 6.07) is 6.96. The first kappa shape index (κ1) is 18.9. The first-order valence-electron chi connectivity index (χ1n) is 9.61. The van der Waals surface area contributed by atoms with Gasteiger partial charge in [0.15, 0.2) is 0 Å². The van der Waals surface area contributed by atoms with Gasteiger partial charge in [-0.05, 0) is 43.5 Å². The van der Waals surface area contributed by atoms with E-state index in [-0.39, 0.29) is 11.4 Å². The Morgan fingerprint density at radius 1 is 1.14 bits per heavy atom. The minimum absolute atomic E-state index is 0.242. The van der Waals surface area contributed by atoms with Crippen LogP contribution in [0.3, 0.4) is 0 Å². The van der Waals surface area contributed by atoms with Crippen molar-refractivity contribution in [1.29, 1.82) is 0 Å². The maximum atomic E-state index is 12.5. The van der Waals surface area contributed by atoms with Crippen LogP contribution in [0.25, 0.3) is 0 Å². The molecular weight excluding hydrogens is 378 g/mol. The standard InChI is InChI=1S/C19H25N5O3S/c1-14-12-18(24-9-2-3-10-24)23-19(22-14)20-7-8-21-28(25,26)16-4-5-17-15(13-16)6-11-27-17/h4-5,12-13,21H,2-3,6-11H2,1H3,(H,20,22,23). The molecule has 2 N–H and O–H groups in total. The van der Waals surface area contributed by atoms with Gasteiger partial charge in [0.05, 0.1) is 11.5 Å². The topological polar surface area (TPSA) is 96.5 Å². The summed E-state index contributed by atoms with van der Waals surface area (Å²) in [5.74, 6) is 2.22. The van der Waals surface area contributed by atoms with Crippen LogP contribution in [0.5, 0.6) is 5.75 Å². The van der Waals surface area contributed by atoms with Gasteiger partial charge >= 0.3 is 0 Å². The van der Waals surface area contributed by atoms with Crippen LogP contribution in [0.2, 0.25) is 0 Å². The molecule has 1 aromatic heterocycles. The smallest absolute Gasteiger partial charge is 0.240 e. The van der Waals surface area contributed by atoms with Crippen LogP contribution in [0.1, 0.15) is 24.1 Å². The van der Waals surface area contributed by atoms with E-state index in [0.717, 1.165) is 42.3 Å². The van der Waals surface area contributed by atoms with Crippen LogP contribution >= 0.6 is 0 Å². The predicted molar refractivity (Wildman–Crippen MR) is 108 cm³/mol. The third kappa shape index (κ3) is 4.20. The molecule has 0 saturated carbocycles. The Bertz CT molecular complexity index is 958. The zero-order valence-electron chi connectivity index (χ0n) is 15.9. The maximum absolute atomic E-state index is 12.5. The average molecular weight is 404 g/mol. The number of hydrogen-bond acceptors (Lipinski definition) is 7. The highest BCUT2D eigenvalue weighted by Crippen LogP contribution is 2.27. The van der Waals surface area contributed by atoms with Gasteiger partial charge in [-0.25, -0.2) is 18.1 Å². The number of hydrogen-bond donors (Lipinski definition) is 2. The van der Waals surface area contributed by atoms with E-state index < -0.39 is 10.0 Å². The molecule has 0 unspecified atom stereocenters. The number of ether oxygens (including phenoxy) is 1. The molecule has 0 atom stereocenters. The lowest BCUT2D eigenvalue weighted by Crippen LogP contribution is -2.29. The Hall–Kier alpha value is -2.39. The Morgan fingerprint density at radius 3 is 2.79 bits per heavy atom. The second kappa shape index (κ2) is 7.92. The van der Waals surface area contributed by atoms with E-state index >= 15 is 0 Å². The Balaban J connectivity index is 1.34. The summed E-state index contributed by atoms with van der Waals surface area (Å²) >= 11 is 0. The fraction of sp³-hybridized carbons (Fsp3) is 0.474. The SMILES string of the molecule is Cc1cc(N2CCCC2)nc(NCCNS(=O)(=O)c2ccc3c(c2)CCO3)n1. The number of sulfonamides is 1. The van der Waals surface area contributed by atoms with Crippen LogP contribution in [-0.2, 0) is 16.4 Å². The van der Waals surface area contributed by atoms with Gasteiger partial charge < -0.3 is 15.0 Å². The molecule has 8 nitrogen and oxygen atoms in total. The highest BCUT2D eigenvalue weighted by atomic mass is 32.2. The summed E-state index contributed by atoms with van der Waals surface area (Å²) in [4.78, 5) is 11.5. The van der Waals surface area contributed by atoms with Crippen molar-refractivity contribution in [2.75, 3.05) is 43.0 Å².